The first-order valence-electron chi connectivity index (χ1n) is 8.47. The molecule has 1 aromatic carbocycles. The molecule has 0 spiro atoms. The van der Waals surface area contributed by atoms with Gasteiger partial charge in [-0.3, -0.25) is 0 Å². The number of morpholine rings is 1. The van der Waals surface area contributed by atoms with Gasteiger partial charge in [0.2, 0.25) is 0 Å². The van der Waals surface area contributed by atoms with Gasteiger partial charge in [-0.2, -0.15) is 0 Å². The number of nitrogens with zero attached hydrogens (tertiary/aromatic N) is 1. The van der Waals surface area contributed by atoms with Crippen LogP contribution in [0.25, 0.3) is 0 Å². The summed E-state index contributed by atoms with van der Waals surface area (Å²) in [7, 11) is -1.77. The summed E-state index contributed by atoms with van der Waals surface area (Å²) >= 11 is 0. The van der Waals surface area contributed by atoms with Crippen LogP contribution in [0.2, 0.25) is 0 Å². The quantitative estimate of drug-likeness (QED) is 0.861. The number of carbonyl (C=O) groups excluding carboxylic acids is 1. The molecule has 1 saturated heterocycles. The van der Waals surface area contributed by atoms with E-state index >= 15 is 0 Å². The molecule has 0 saturated carbocycles. The van der Waals surface area contributed by atoms with Crippen molar-refractivity contribution in [2.75, 3.05) is 38.4 Å². The molecule has 0 radical (unpaired) electrons. The van der Waals surface area contributed by atoms with E-state index in [0.29, 0.717) is 25.4 Å². The number of sulfone groups is 1. The first kappa shape index (κ1) is 20.7. The summed E-state index contributed by atoms with van der Waals surface area (Å²) in [5.74, 6) is 0. The molecule has 0 aromatic heterocycles. The standard InChI is InChI=1S/C18H28N2O5S/c1-12-7-15(26(6,22)23)8-16(13(12)2)19-17(21)20-9-14(10-24-5)25-18(3,4)11-20/h7-8,14H,9-11H2,1-6H3,(H,19,21). The van der Waals surface area contributed by atoms with E-state index in [-0.39, 0.29) is 17.0 Å². The van der Waals surface area contributed by atoms with Gasteiger partial charge in [0.1, 0.15) is 0 Å². The van der Waals surface area contributed by atoms with Crippen LogP contribution in [0.3, 0.4) is 0 Å². The Morgan fingerprint density at radius 2 is 2.04 bits per heavy atom. The molecule has 0 bridgehead atoms. The van der Waals surface area contributed by atoms with Gasteiger partial charge in [0.25, 0.3) is 0 Å². The van der Waals surface area contributed by atoms with Crippen molar-refractivity contribution in [2.24, 2.45) is 0 Å². The Morgan fingerprint density at radius 1 is 1.38 bits per heavy atom. The monoisotopic (exact) mass is 384 g/mol. The molecule has 1 heterocycles. The molecule has 2 amide bonds. The van der Waals surface area contributed by atoms with Gasteiger partial charge in [0.15, 0.2) is 9.84 Å². The second-order valence-corrected chi connectivity index (χ2v) is 9.47. The Labute approximate surface area is 155 Å². The predicted octanol–water partition coefficient (Wildman–Crippen LogP) is 2.36. The highest BCUT2D eigenvalue weighted by Crippen LogP contribution is 2.26. The molecule has 1 N–H and O–H groups in total. The van der Waals surface area contributed by atoms with Crippen molar-refractivity contribution in [1.82, 2.24) is 4.90 Å². The van der Waals surface area contributed by atoms with E-state index < -0.39 is 15.4 Å². The van der Waals surface area contributed by atoms with Crippen LogP contribution >= 0.6 is 0 Å². The number of methoxy groups -OCH3 is 1. The molecule has 2 rings (SSSR count). The Hall–Kier alpha value is -1.64. The maximum Gasteiger partial charge on any atom is 0.322 e. The van der Waals surface area contributed by atoms with E-state index in [1.807, 2.05) is 27.7 Å². The largest absolute Gasteiger partial charge is 0.382 e. The number of carbonyl (C=O) groups is 1. The Kier molecular flexibility index (Phi) is 5.99. The normalized spacial score (nSPS) is 20.1. The summed E-state index contributed by atoms with van der Waals surface area (Å²) in [6.07, 6.45) is 0.947. The van der Waals surface area contributed by atoms with Crippen molar-refractivity contribution in [3.05, 3.63) is 23.3 Å². The first-order chi connectivity index (χ1) is 11.9. The lowest BCUT2D eigenvalue weighted by Crippen LogP contribution is -2.56. The van der Waals surface area contributed by atoms with Crippen LogP contribution in [-0.2, 0) is 19.3 Å². The number of anilines is 1. The zero-order valence-electron chi connectivity index (χ0n) is 16.3. The van der Waals surface area contributed by atoms with Crippen LogP contribution < -0.4 is 5.32 Å². The third kappa shape index (κ3) is 4.96. The molecular weight excluding hydrogens is 356 g/mol. The lowest BCUT2D eigenvalue weighted by Gasteiger charge is -2.42. The molecular formula is C18H28N2O5S. The SMILES string of the molecule is COCC1CN(C(=O)Nc2cc(S(C)(=O)=O)cc(C)c2C)CC(C)(C)O1. The zero-order chi connectivity index (χ0) is 19.7. The van der Waals surface area contributed by atoms with Crippen molar-refractivity contribution >= 4 is 21.6 Å². The van der Waals surface area contributed by atoms with E-state index in [0.717, 1.165) is 17.4 Å². The van der Waals surface area contributed by atoms with Gasteiger partial charge in [0, 0.05) is 19.1 Å². The van der Waals surface area contributed by atoms with Crippen LogP contribution in [0, 0.1) is 13.8 Å². The zero-order valence-corrected chi connectivity index (χ0v) is 17.1. The van der Waals surface area contributed by atoms with Crippen molar-refractivity contribution in [3.63, 3.8) is 0 Å². The van der Waals surface area contributed by atoms with E-state index in [1.165, 1.54) is 6.07 Å². The third-order valence-corrected chi connectivity index (χ3v) is 5.52. The fourth-order valence-electron chi connectivity index (χ4n) is 3.09. The first-order valence-corrected chi connectivity index (χ1v) is 10.4. The smallest absolute Gasteiger partial charge is 0.322 e. The van der Waals surface area contributed by atoms with Gasteiger partial charge >= 0.3 is 6.03 Å². The van der Waals surface area contributed by atoms with Gasteiger partial charge in [-0.05, 0) is 51.0 Å². The van der Waals surface area contributed by atoms with Crippen LogP contribution in [0.1, 0.15) is 25.0 Å². The topological polar surface area (TPSA) is 84.9 Å². The molecule has 1 aliphatic rings. The summed E-state index contributed by atoms with van der Waals surface area (Å²) < 4.78 is 34.8. The van der Waals surface area contributed by atoms with Gasteiger partial charge in [-0.25, -0.2) is 13.2 Å². The molecule has 1 atom stereocenters. The Morgan fingerprint density at radius 3 is 2.62 bits per heavy atom. The van der Waals surface area contributed by atoms with E-state index in [4.69, 9.17) is 9.47 Å². The minimum absolute atomic E-state index is 0.190. The minimum Gasteiger partial charge on any atom is -0.382 e. The highest BCUT2D eigenvalue weighted by Gasteiger charge is 2.35. The van der Waals surface area contributed by atoms with Gasteiger partial charge in [-0.15, -0.1) is 0 Å². The van der Waals surface area contributed by atoms with Crippen LogP contribution in [0.5, 0.6) is 0 Å². The average Bonchev–Trinajstić information content (AvgIpc) is 2.49. The second kappa shape index (κ2) is 7.54. The van der Waals surface area contributed by atoms with Crippen molar-refractivity contribution in [3.8, 4) is 0 Å². The highest BCUT2D eigenvalue weighted by atomic mass is 32.2. The Bertz CT molecular complexity index is 789. The molecule has 7 nitrogen and oxygen atoms in total. The molecule has 26 heavy (non-hydrogen) atoms. The number of nitrogens with one attached hydrogen (secondary N) is 1. The van der Waals surface area contributed by atoms with Gasteiger partial charge in [0.05, 0.1) is 36.3 Å². The van der Waals surface area contributed by atoms with Crippen LogP contribution in [0.15, 0.2) is 17.0 Å². The van der Waals surface area contributed by atoms with Gasteiger partial charge < -0.3 is 19.7 Å². The van der Waals surface area contributed by atoms with Crippen LogP contribution in [-0.4, -0.2) is 64.1 Å². The minimum atomic E-state index is -3.36. The number of hydrogen-bond donors (Lipinski definition) is 1. The molecule has 1 aromatic rings. The summed E-state index contributed by atoms with van der Waals surface area (Å²) in [6.45, 7) is 8.77. The number of aryl methyl sites for hydroxylation is 1. The van der Waals surface area contributed by atoms with Gasteiger partial charge in [-0.1, -0.05) is 0 Å². The average molecular weight is 384 g/mol. The molecule has 1 fully saturated rings. The summed E-state index contributed by atoms with van der Waals surface area (Å²) in [5.41, 5.74) is 1.66. The molecule has 0 aliphatic carbocycles. The van der Waals surface area contributed by atoms with Crippen LogP contribution in [0.4, 0.5) is 10.5 Å². The lowest BCUT2D eigenvalue weighted by molar-refractivity contribution is -0.141. The fraction of sp³-hybridized carbons (Fsp3) is 0.611. The summed E-state index contributed by atoms with van der Waals surface area (Å²) in [5, 5.41) is 2.86. The summed E-state index contributed by atoms with van der Waals surface area (Å²) in [6, 6.07) is 2.84. The fourth-order valence-corrected chi connectivity index (χ4v) is 3.81. The lowest BCUT2D eigenvalue weighted by atomic mass is 10.1. The van der Waals surface area contributed by atoms with Crippen molar-refractivity contribution in [1.29, 1.82) is 0 Å². The maximum atomic E-state index is 12.8. The number of rotatable bonds is 4. The highest BCUT2D eigenvalue weighted by molar-refractivity contribution is 7.90. The van der Waals surface area contributed by atoms with E-state index in [9.17, 15) is 13.2 Å². The maximum absolute atomic E-state index is 12.8. The third-order valence-electron chi connectivity index (χ3n) is 4.43. The Balaban J connectivity index is 2.25. The number of benzene rings is 1. The summed E-state index contributed by atoms with van der Waals surface area (Å²) in [4.78, 5) is 14.7. The van der Waals surface area contributed by atoms with E-state index in [2.05, 4.69) is 5.32 Å². The van der Waals surface area contributed by atoms with E-state index in [1.54, 1.807) is 18.1 Å². The number of urea groups is 1. The molecule has 1 aliphatic heterocycles. The second-order valence-electron chi connectivity index (χ2n) is 7.45. The molecule has 146 valence electrons. The van der Waals surface area contributed by atoms with Crippen molar-refractivity contribution < 1.29 is 22.7 Å². The number of amides is 2. The van der Waals surface area contributed by atoms with Crippen molar-refractivity contribution in [2.45, 2.75) is 44.3 Å². The molecule has 8 heteroatoms. The predicted molar refractivity (Wildman–Crippen MR) is 100 cm³/mol. The molecule has 1 unspecified atom stereocenters. The number of hydrogen-bond acceptors (Lipinski definition) is 5. The number of ether oxygens (including phenoxy) is 2.